The first-order valence-corrected chi connectivity index (χ1v) is 6.68. The minimum atomic E-state index is -4.13. The van der Waals surface area contributed by atoms with Crippen LogP contribution in [0.25, 0.3) is 0 Å². The monoisotopic (exact) mass is 299 g/mol. The Labute approximate surface area is 112 Å². The molecular weight excluding hydrogens is 290 g/mol. The first kappa shape index (κ1) is 13.9. The summed E-state index contributed by atoms with van der Waals surface area (Å²) in [6, 6.07) is 3.65. The van der Waals surface area contributed by atoms with Crippen molar-refractivity contribution in [2.45, 2.75) is 11.4 Å². The molecule has 20 heavy (non-hydrogen) atoms. The van der Waals surface area contributed by atoms with Gasteiger partial charge < -0.3 is 10.3 Å². The van der Waals surface area contributed by atoms with E-state index < -0.39 is 25.5 Å². The van der Waals surface area contributed by atoms with Gasteiger partial charge in [-0.05, 0) is 12.1 Å². The van der Waals surface area contributed by atoms with Gasteiger partial charge in [0.2, 0.25) is 16.4 Å². The lowest BCUT2D eigenvalue weighted by Crippen LogP contribution is -2.24. The van der Waals surface area contributed by atoms with Crippen LogP contribution in [-0.4, -0.2) is 23.5 Å². The Balaban J connectivity index is 2.34. The van der Waals surface area contributed by atoms with E-state index in [-0.39, 0.29) is 18.1 Å². The van der Waals surface area contributed by atoms with Crippen molar-refractivity contribution in [3.05, 3.63) is 40.5 Å². The van der Waals surface area contributed by atoms with E-state index in [1.165, 1.54) is 12.1 Å². The van der Waals surface area contributed by atoms with E-state index in [2.05, 4.69) is 19.4 Å². The molecule has 0 unspecified atom stereocenters. The van der Waals surface area contributed by atoms with Gasteiger partial charge >= 0.3 is 5.69 Å². The molecule has 0 bridgehead atoms. The van der Waals surface area contributed by atoms with E-state index in [4.69, 9.17) is 5.73 Å². The van der Waals surface area contributed by atoms with Gasteiger partial charge in [0.15, 0.2) is 10.7 Å². The Kier molecular flexibility index (Phi) is 3.63. The van der Waals surface area contributed by atoms with Crippen LogP contribution in [0.5, 0.6) is 0 Å². The maximum Gasteiger partial charge on any atom is 0.312 e. The number of hydrogen-bond acceptors (Lipinski definition) is 8. The number of nitrogens with zero attached hydrogens (tertiary/aromatic N) is 3. The third-order valence-corrected chi connectivity index (χ3v) is 3.76. The van der Waals surface area contributed by atoms with Crippen LogP contribution in [-0.2, 0) is 16.6 Å². The van der Waals surface area contributed by atoms with Crippen molar-refractivity contribution in [1.82, 2.24) is 14.9 Å². The van der Waals surface area contributed by atoms with Crippen molar-refractivity contribution in [3.63, 3.8) is 0 Å². The number of nitrogen functional groups attached to an aromatic ring is 1. The van der Waals surface area contributed by atoms with E-state index in [1.54, 1.807) is 0 Å². The number of nitrogens with one attached hydrogen (secondary N) is 1. The molecule has 10 nitrogen and oxygen atoms in total. The fourth-order valence-electron chi connectivity index (χ4n) is 1.46. The zero-order valence-electron chi connectivity index (χ0n) is 9.88. The van der Waals surface area contributed by atoms with E-state index in [9.17, 15) is 18.5 Å². The maximum absolute atomic E-state index is 12.0. The minimum absolute atomic E-state index is 0.0973. The molecule has 3 N–H and O–H groups in total. The van der Waals surface area contributed by atoms with Crippen molar-refractivity contribution in [2.75, 3.05) is 5.73 Å². The summed E-state index contributed by atoms with van der Waals surface area (Å²) >= 11 is 0. The predicted molar refractivity (Wildman–Crippen MR) is 65.8 cm³/mol. The molecule has 1 aromatic carbocycles. The second-order valence-corrected chi connectivity index (χ2v) is 5.36. The number of nitro groups is 1. The van der Waals surface area contributed by atoms with Crippen LogP contribution in [0.1, 0.15) is 5.82 Å². The average molecular weight is 299 g/mol. The van der Waals surface area contributed by atoms with Crippen molar-refractivity contribution >= 4 is 21.4 Å². The Morgan fingerprint density at radius 3 is 2.80 bits per heavy atom. The molecule has 0 aliphatic rings. The summed E-state index contributed by atoms with van der Waals surface area (Å²) < 4.78 is 30.7. The van der Waals surface area contributed by atoms with Crippen LogP contribution in [0, 0.1) is 10.1 Å². The van der Waals surface area contributed by atoms with Gasteiger partial charge in [-0.15, -0.1) is 0 Å². The molecule has 106 valence electrons. The summed E-state index contributed by atoms with van der Waals surface area (Å²) in [5, 5.41) is 14.3. The van der Waals surface area contributed by atoms with Crippen LogP contribution >= 0.6 is 0 Å². The zero-order valence-corrected chi connectivity index (χ0v) is 10.7. The third kappa shape index (κ3) is 2.73. The van der Waals surface area contributed by atoms with Gasteiger partial charge in [0.25, 0.3) is 0 Å². The molecule has 0 atom stereocenters. The number of rotatable bonds is 5. The van der Waals surface area contributed by atoms with Gasteiger partial charge in [-0.3, -0.25) is 10.1 Å². The second kappa shape index (κ2) is 5.22. The maximum atomic E-state index is 12.0. The molecule has 0 spiro atoms. The number of aromatic nitrogens is 2. The number of sulfonamides is 1. The molecule has 0 saturated carbocycles. The van der Waals surface area contributed by atoms with Gasteiger partial charge in [-0.2, -0.15) is 4.98 Å². The molecule has 1 aromatic heterocycles. The standard InChI is InChI=1S/C9H9N5O5S/c10-6-2-1-3-7(9(6)14(15)16)20(17,18)12-4-8-11-5-19-13-8/h1-3,5,12H,4,10H2. The number of anilines is 1. The first-order chi connectivity index (χ1) is 9.42. The van der Waals surface area contributed by atoms with E-state index in [0.29, 0.717) is 0 Å². The number of nitro benzene ring substituents is 1. The highest BCUT2D eigenvalue weighted by Gasteiger charge is 2.28. The molecule has 1 heterocycles. The first-order valence-electron chi connectivity index (χ1n) is 5.19. The Hall–Kier alpha value is -2.53. The minimum Gasteiger partial charge on any atom is -0.393 e. The summed E-state index contributed by atoms with van der Waals surface area (Å²) in [6.07, 6.45) is 1.03. The quantitative estimate of drug-likeness (QED) is 0.445. The van der Waals surface area contributed by atoms with Crippen LogP contribution in [0.2, 0.25) is 0 Å². The molecule has 2 aromatic rings. The molecular formula is C9H9N5O5S. The third-order valence-electron chi connectivity index (χ3n) is 2.33. The van der Waals surface area contributed by atoms with Crippen molar-refractivity contribution < 1.29 is 17.9 Å². The topological polar surface area (TPSA) is 154 Å². The van der Waals surface area contributed by atoms with Gasteiger partial charge in [0.1, 0.15) is 5.69 Å². The van der Waals surface area contributed by atoms with E-state index >= 15 is 0 Å². The number of nitrogens with two attached hydrogens (primary N) is 1. The molecule has 0 saturated heterocycles. The lowest BCUT2D eigenvalue weighted by atomic mass is 10.3. The molecule has 11 heteroatoms. The molecule has 0 fully saturated rings. The molecule has 0 amide bonds. The second-order valence-electron chi connectivity index (χ2n) is 3.62. The van der Waals surface area contributed by atoms with Crippen LogP contribution in [0.15, 0.2) is 34.0 Å². The van der Waals surface area contributed by atoms with Crippen LogP contribution < -0.4 is 10.5 Å². The lowest BCUT2D eigenvalue weighted by Gasteiger charge is -2.06. The van der Waals surface area contributed by atoms with Crippen LogP contribution in [0.3, 0.4) is 0 Å². The molecule has 0 aliphatic heterocycles. The predicted octanol–water partition coefficient (Wildman–Crippen LogP) is 0.0385. The zero-order chi connectivity index (χ0) is 14.8. The summed E-state index contributed by atoms with van der Waals surface area (Å²) in [6.45, 7) is -0.259. The molecule has 0 radical (unpaired) electrons. The summed E-state index contributed by atoms with van der Waals surface area (Å²) in [7, 11) is -4.13. The Morgan fingerprint density at radius 2 is 2.20 bits per heavy atom. The normalized spacial score (nSPS) is 11.4. The van der Waals surface area contributed by atoms with Gasteiger partial charge in [-0.25, -0.2) is 13.1 Å². The van der Waals surface area contributed by atoms with Crippen LogP contribution in [0.4, 0.5) is 11.4 Å². The van der Waals surface area contributed by atoms with Gasteiger partial charge in [-0.1, -0.05) is 11.2 Å². The van der Waals surface area contributed by atoms with Crippen molar-refractivity contribution in [2.24, 2.45) is 0 Å². The SMILES string of the molecule is Nc1cccc(S(=O)(=O)NCc2ncon2)c1[N+](=O)[O-]. The average Bonchev–Trinajstić information content (AvgIpc) is 2.89. The van der Waals surface area contributed by atoms with Crippen molar-refractivity contribution in [1.29, 1.82) is 0 Å². The number of benzene rings is 1. The summed E-state index contributed by atoms with van der Waals surface area (Å²) in [5.41, 5.74) is 4.52. The number of hydrogen-bond donors (Lipinski definition) is 2. The Bertz CT molecular complexity index is 727. The fraction of sp³-hybridized carbons (Fsp3) is 0.111. The highest BCUT2D eigenvalue weighted by atomic mass is 32.2. The Morgan fingerprint density at radius 1 is 1.45 bits per heavy atom. The fourth-order valence-corrected chi connectivity index (χ4v) is 2.64. The largest absolute Gasteiger partial charge is 0.393 e. The lowest BCUT2D eigenvalue weighted by molar-refractivity contribution is -0.386. The summed E-state index contributed by atoms with van der Waals surface area (Å²) in [4.78, 5) is 13.2. The summed E-state index contributed by atoms with van der Waals surface area (Å²) in [5.74, 6) is 0.0973. The number of para-hydroxylation sites is 1. The highest BCUT2D eigenvalue weighted by Crippen LogP contribution is 2.29. The van der Waals surface area contributed by atoms with E-state index in [0.717, 1.165) is 12.5 Å². The van der Waals surface area contributed by atoms with Crippen molar-refractivity contribution in [3.8, 4) is 0 Å². The molecule has 0 aliphatic carbocycles. The smallest absolute Gasteiger partial charge is 0.312 e. The highest BCUT2D eigenvalue weighted by molar-refractivity contribution is 7.89. The van der Waals surface area contributed by atoms with Gasteiger partial charge in [0.05, 0.1) is 11.5 Å². The van der Waals surface area contributed by atoms with Gasteiger partial charge in [0, 0.05) is 0 Å². The molecule has 2 rings (SSSR count). The van der Waals surface area contributed by atoms with E-state index in [1.807, 2.05) is 0 Å².